The summed E-state index contributed by atoms with van der Waals surface area (Å²) in [4.78, 5) is 13.5. The van der Waals surface area contributed by atoms with Gasteiger partial charge in [-0.1, -0.05) is 13.8 Å². The van der Waals surface area contributed by atoms with Gasteiger partial charge in [-0.25, -0.2) is 8.78 Å². The van der Waals surface area contributed by atoms with Crippen LogP contribution in [-0.2, 0) is 11.3 Å². The van der Waals surface area contributed by atoms with Gasteiger partial charge in [0.1, 0.15) is 18.6 Å². The Bertz CT molecular complexity index is 870. The van der Waals surface area contributed by atoms with Crippen molar-refractivity contribution in [1.82, 2.24) is 9.88 Å². The van der Waals surface area contributed by atoms with Crippen molar-refractivity contribution in [2.24, 2.45) is 41.4 Å². The molecule has 0 spiro atoms. The number of nitrogens with zero attached hydrogens (tertiary/aromatic N) is 1. The molecule has 5 nitrogen and oxygen atoms in total. The SMILES string of the molecule is CC1CC([C@H](C)NC(=O)C2CC(Cn3ccoc3=N)CC(C3CCC(F)CC3C)C2)CCC1F. The number of aromatic nitrogens is 1. The summed E-state index contributed by atoms with van der Waals surface area (Å²) in [6.45, 7) is 6.90. The van der Waals surface area contributed by atoms with Crippen molar-refractivity contribution >= 4 is 5.91 Å². The molecule has 0 saturated heterocycles. The van der Waals surface area contributed by atoms with E-state index in [4.69, 9.17) is 9.83 Å². The van der Waals surface area contributed by atoms with Gasteiger partial charge in [0.2, 0.25) is 5.91 Å². The zero-order valence-corrected chi connectivity index (χ0v) is 21.0. The minimum Gasteiger partial charge on any atom is -0.432 e. The van der Waals surface area contributed by atoms with Crippen molar-refractivity contribution in [1.29, 1.82) is 5.41 Å². The van der Waals surface area contributed by atoms with Gasteiger partial charge in [-0.3, -0.25) is 14.8 Å². The van der Waals surface area contributed by atoms with Gasteiger partial charge in [-0.15, -0.1) is 0 Å². The maximum Gasteiger partial charge on any atom is 0.293 e. The van der Waals surface area contributed by atoms with Crippen molar-refractivity contribution in [3.8, 4) is 0 Å². The van der Waals surface area contributed by atoms with Crippen LogP contribution in [0.15, 0.2) is 16.9 Å². The zero-order chi connectivity index (χ0) is 24.4. The van der Waals surface area contributed by atoms with Gasteiger partial charge in [0.15, 0.2) is 0 Å². The summed E-state index contributed by atoms with van der Waals surface area (Å²) >= 11 is 0. The van der Waals surface area contributed by atoms with Crippen LogP contribution in [0.5, 0.6) is 0 Å². The van der Waals surface area contributed by atoms with E-state index in [-0.39, 0.29) is 35.4 Å². The Morgan fingerprint density at radius 1 is 1.12 bits per heavy atom. The highest BCUT2D eigenvalue weighted by Crippen LogP contribution is 2.46. The van der Waals surface area contributed by atoms with Crippen LogP contribution in [0.3, 0.4) is 0 Å². The number of rotatable bonds is 6. The van der Waals surface area contributed by atoms with Gasteiger partial charge < -0.3 is 9.73 Å². The number of hydrogen-bond donors (Lipinski definition) is 2. The molecule has 0 aromatic carbocycles. The molecule has 1 amide bonds. The number of halogens is 2. The lowest BCUT2D eigenvalue weighted by Crippen LogP contribution is -2.46. The Morgan fingerprint density at radius 2 is 1.91 bits per heavy atom. The van der Waals surface area contributed by atoms with Crippen LogP contribution in [0, 0.1) is 46.8 Å². The van der Waals surface area contributed by atoms with Gasteiger partial charge >= 0.3 is 0 Å². The van der Waals surface area contributed by atoms with Crippen LogP contribution in [0.4, 0.5) is 8.78 Å². The van der Waals surface area contributed by atoms with Crippen LogP contribution in [0.25, 0.3) is 0 Å². The highest BCUT2D eigenvalue weighted by atomic mass is 19.1. The number of amides is 1. The summed E-state index contributed by atoms with van der Waals surface area (Å²) in [5, 5.41) is 11.3. The Hall–Kier alpha value is -1.66. The first-order chi connectivity index (χ1) is 16.2. The standard InChI is InChI=1S/C27H43F2N3O2/c1-16-11-23(28)5-6-24(16)21-12-19(15-32-8-9-34-27(32)30)13-22(14-21)26(33)31-18(3)20-4-7-25(29)17(2)10-20/h8-9,16-25,30H,4-7,10-15H2,1-3H3,(H,31,33)/t16?,17?,18-,19?,20?,21?,22?,23?,24?,25?/m0/s1. The number of carbonyl (C=O) groups is 1. The van der Waals surface area contributed by atoms with Gasteiger partial charge in [0.25, 0.3) is 5.68 Å². The lowest BCUT2D eigenvalue weighted by Gasteiger charge is -2.43. The van der Waals surface area contributed by atoms with E-state index in [0.717, 1.165) is 38.5 Å². The van der Waals surface area contributed by atoms with Gasteiger partial charge in [0, 0.05) is 24.7 Å². The third-order valence-corrected chi connectivity index (χ3v) is 9.31. The second-order valence-electron chi connectivity index (χ2n) is 11.8. The first-order valence-corrected chi connectivity index (χ1v) is 13.5. The molecular weight excluding hydrogens is 436 g/mol. The molecule has 3 fully saturated rings. The zero-order valence-electron chi connectivity index (χ0n) is 21.0. The fourth-order valence-electron chi connectivity index (χ4n) is 7.29. The van der Waals surface area contributed by atoms with E-state index in [1.54, 1.807) is 6.20 Å². The third kappa shape index (κ3) is 5.93. The molecule has 2 N–H and O–H groups in total. The summed E-state index contributed by atoms with van der Waals surface area (Å²) in [5.74, 6) is 1.90. The summed E-state index contributed by atoms with van der Waals surface area (Å²) < 4.78 is 34.9. The van der Waals surface area contributed by atoms with E-state index >= 15 is 0 Å². The van der Waals surface area contributed by atoms with Gasteiger partial charge in [-0.2, -0.15) is 0 Å². The third-order valence-electron chi connectivity index (χ3n) is 9.31. The van der Waals surface area contributed by atoms with E-state index in [0.29, 0.717) is 49.5 Å². The molecule has 0 bridgehead atoms. The topological polar surface area (TPSA) is 71.0 Å². The predicted octanol–water partition coefficient (Wildman–Crippen LogP) is 5.65. The Labute approximate surface area is 202 Å². The minimum atomic E-state index is -0.720. The Balaban J connectivity index is 1.44. The fourth-order valence-corrected chi connectivity index (χ4v) is 7.29. The lowest BCUT2D eigenvalue weighted by molar-refractivity contribution is -0.129. The van der Waals surface area contributed by atoms with Crippen LogP contribution < -0.4 is 11.0 Å². The van der Waals surface area contributed by atoms with Crippen molar-refractivity contribution in [2.75, 3.05) is 0 Å². The molecule has 10 atom stereocenters. The molecule has 3 saturated carbocycles. The van der Waals surface area contributed by atoms with Crippen molar-refractivity contribution in [3.63, 3.8) is 0 Å². The van der Waals surface area contributed by atoms with E-state index < -0.39 is 12.3 Å². The van der Waals surface area contributed by atoms with Gasteiger partial charge in [0.05, 0.1) is 0 Å². The fraction of sp³-hybridized carbons (Fsp3) is 0.852. The number of carbonyl (C=O) groups excluding carboxylic acids is 1. The highest BCUT2D eigenvalue weighted by Gasteiger charge is 2.41. The molecule has 0 aliphatic heterocycles. The molecule has 192 valence electrons. The van der Waals surface area contributed by atoms with Crippen molar-refractivity contribution < 1.29 is 18.0 Å². The molecule has 1 heterocycles. The van der Waals surface area contributed by atoms with Crippen LogP contribution in [0.2, 0.25) is 0 Å². The smallest absolute Gasteiger partial charge is 0.293 e. The maximum atomic E-state index is 14.0. The monoisotopic (exact) mass is 479 g/mol. The molecule has 1 aromatic rings. The van der Waals surface area contributed by atoms with E-state index in [2.05, 4.69) is 19.2 Å². The summed E-state index contributed by atoms with van der Waals surface area (Å²) in [5.41, 5.74) is 0.139. The highest BCUT2D eigenvalue weighted by molar-refractivity contribution is 5.79. The molecule has 1 aromatic heterocycles. The largest absolute Gasteiger partial charge is 0.432 e. The summed E-state index contributed by atoms with van der Waals surface area (Å²) in [6.07, 6.45) is 8.99. The number of nitrogens with one attached hydrogen (secondary N) is 2. The molecular formula is C27H43F2N3O2. The van der Waals surface area contributed by atoms with Gasteiger partial charge in [-0.05, 0) is 100 Å². The number of alkyl halides is 2. The molecule has 9 unspecified atom stereocenters. The molecule has 3 aliphatic rings. The lowest BCUT2D eigenvalue weighted by atomic mass is 9.63. The average Bonchev–Trinajstić information content (AvgIpc) is 3.19. The van der Waals surface area contributed by atoms with Crippen LogP contribution >= 0.6 is 0 Å². The average molecular weight is 480 g/mol. The van der Waals surface area contributed by atoms with E-state index in [1.807, 2.05) is 11.5 Å². The van der Waals surface area contributed by atoms with Crippen molar-refractivity contribution in [2.45, 2.75) is 103 Å². The molecule has 7 heteroatoms. The number of hydrogen-bond acceptors (Lipinski definition) is 3. The quantitative estimate of drug-likeness (QED) is 0.554. The molecule has 0 radical (unpaired) electrons. The predicted molar refractivity (Wildman–Crippen MR) is 127 cm³/mol. The summed E-state index contributed by atoms with van der Waals surface area (Å²) in [7, 11) is 0. The van der Waals surface area contributed by atoms with Crippen molar-refractivity contribution in [3.05, 3.63) is 18.1 Å². The Kier molecular flexibility index (Phi) is 8.19. The van der Waals surface area contributed by atoms with E-state index in [9.17, 15) is 13.6 Å². The number of oxazole rings is 1. The Morgan fingerprint density at radius 3 is 2.59 bits per heavy atom. The second kappa shape index (κ2) is 10.9. The molecule has 3 aliphatic carbocycles. The first-order valence-electron chi connectivity index (χ1n) is 13.5. The van der Waals surface area contributed by atoms with E-state index in [1.165, 1.54) is 6.26 Å². The molecule has 34 heavy (non-hydrogen) atoms. The maximum absolute atomic E-state index is 14.0. The normalized spacial score (nSPS) is 40.0. The first kappa shape index (κ1) is 25.4. The minimum absolute atomic E-state index is 0.0465. The van der Waals surface area contributed by atoms with Crippen LogP contribution in [0.1, 0.15) is 78.6 Å². The second-order valence-corrected chi connectivity index (χ2v) is 11.8. The van der Waals surface area contributed by atoms with Crippen LogP contribution in [-0.4, -0.2) is 28.9 Å². The molecule has 4 rings (SSSR count). The summed E-state index contributed by atoms with van der Waals surface area (Å²) in [6, 6.07) is 0.0465.